The first-order valence-corrected chi connectivity index (χ1v) is 5.16. The summed E-state index contributed by atoms with van der Waals surface area (Å²) >= 11 is 3.72. The molecule has 0 N–H and O–H groups in total. The fraction of sp³-hybridized carbons (Fsp3) is 0.455. The summed E-state index contributed by atoms with van der Waals surface area (Å²) < 4.78 is 0.258. The molecule has 0 aliphatic carbocycles. The molecule has 1 atom stereocenters. The van der Waals surface area contributed by atoms with Crippen LogP contribution < -0.4 is 0 Å². The van der Waals surface area contributed by atoms with Gasteiger partial charge in [-0.15, -0.1) is 0 Å². The van der Waals surface area contributed by atoms with E-state index in [9.17, 15) is 0 Å². The Bertz CT molecular complexity index is 226. The molecule has 1 rings (SSSR count). The van der Waals surface area contributed by atoms with Gasteiger partial charge in [-0.1, -0.05) is 53.2 Å². The lowest BCUT2D eigenvalue weighted by Crippen LogP contribution is -2.17. The summed E-state index contributed by atoms with van der Waals surface area (Å²) in [5.41, 5.74) is 1.40. The molecule has 1 heteroatoms. The van der Waals surface area contributed by atoms with Gasteiger partial charge in [-0.25, -0.2) is 0 Å². The Morgan fingerprint density at radius 1 is 1.25 bits per heavy atom. The highest BCUT2D eigenvalue weighted by atomic mass is 79.9. The van der Waals surface area contributed by atoms with Crippen molar-refractivity contribution in [3.63, 3.8) is 0 Å². The summed E-state index contributed by atoms with van der Waals surface area (Å²) in [7, 11) is 0. The van der Waals surface area contributed by atoms with Gasteiger partial charge in [0.1, 0.15) is 0 Å². The predicted octanol–water partition coefficient (Wildman–Crippen LogP) is 3.79. The van der Waals surface area contributed by atoms with Crippen LogP contribution in [0.1, 0.15) is 25.8 Å². The second kappa shape index (κ2) is 4.08. The van der Waals surface area contributed by atoms with Crippen molar-refractivity contribution in [1.82, 2.24) is 0 Å². The Labute approximate surface area is 83.1 Å². The van der Waals surface area contributed by atoms with E-state index in [1.807, 2.05) is 0 Å². The minimum atomic E-state index is 0.258. The zero-order valence-electron chi connectivity index (χ0n) is 7.68. The van der Waals surface area contributed by atoms with Crippen molar-refractivity contribution in [2.45, 2.75) is 31.0 Å². The van der Waals surface area contributed by atoms with Crippen LogP contribution in [-0.2, 0) is 6.42 Å². The maximum absolute atomic E-state index is 3.72. The van der Waals surface area contributed by atoms with Gasteiger partial charge in [0.25, 0.3) is 0 Å². The van der Waals surface area contributed by atoms with Gasteiger partial charge in [-0.05, 0) is 25.3 Å². The molecule has 0 amide bonds. The lowest BCUT2D eigenvalue weighted by molar-refractivity contribution is 0.631. The van der Waals surface area contributed by atoms with Crippen LogP contribution in [0.2, 0.25) is 0 Å². The third kappa shape index (κ3) is 2.98. The Morgan fingerprint density at radius 2 is 1.83 bits per heavy atom. The van der Waals surface area contributed by atoms with E-state index in [2.05, 4.69) is 60.1 Å². The highest BCUT2D eigenvalue weighted by Gasteiger charge is 2.17. The van der Waals surface area contributed by atoms with Crippen LogP contribution in [0.25, 0.3) is 0 Å². The number of rotatable bonds is 3. The molecule has 0 aliphatic rings. The molecule has 66 valence electrons. The zero-order chi connectivity index (χ0) is 9.03. The van der Waals surface area contributed by atoms with Gasteiger partial charge in [-0.2, -0.15) is 0 Å². The van der Waals surface area contributed by atoms with Crippen molar-refractivity contribution in [3.8, 4) is 0 Å². The van der Waals surface area contributed by atoms with E-state index < -0.39 is 0 Å². The molecule has 0 aromatic heterocycles. The van der Waals surface area contributed by atoms with Crippen LogP contribution in [0.4, 0.5) is 0 Å². The van der Waals surface area contributed by atoms with E-state index >= 15 is 0 Å². The Hall–Kier alpha value is -0.300. The summed E-state index contributed by atoms with van der Waals surface area (Å²) in [4.78, 5) is 0. The minimum Gasteiger partial charge on any atom is -0.0853 e. The van der Waals surface area contributed by atoms with Gasteiger partial charge in [0, 0.05) is 4.32 Å². The normalized spacial score (nSPS) is 15.6. The molecule has 0 radical (unpaired) electrons. The molecular formula is C11H15Br. The first-order chi connectivity index (χ1) is 5.64. The lowest BCUT2D eigenvalue weighted by atomic mass is 9.99. The van der Waals surface area contributed by atoms with E-state index in [1.54, 1.807) is 0 Å². The monoisotopic (exact) mass is 226 g/mol. The number of hydrogen-bond acceptors (Lipinski definition) is 0. The third-order valence-electron chi connectivity index (χ3n) is 2.15. The summed E-state index contributed by atoms with van der Waals surface area (Å²) in [6, 6.07) is 10.6. The molecule has 0 spiro atoms. The van der Waals surface area contributed by atoms with E-state index in [0.29, 0.717) is 0 Å². The van der Waals surface area contributed by atoms with Crippen LogP contribution in [0.3, 0.4) is 0 Å². The fourth-order valence-corrected chi connectivity index (χ4v) is 1.47. The van der Waals surface area contributed by atoms with Gasteiger partial charge in [-0.3, -0.25) is 0 Å². The first kappa shape index (κ1) is 9.79. The maximum Gasteiger partial charge on any atom is 0.0267 e. The number of hydrogen-bond donors (Lipinski definition) is 0. The predicted molar refractivity (Wildman–Crippen MR) is 57.8 cm³/mol. The molecule has 1 aromatic rings. The van der Waals surface area contributed by atoms with E-state index in [-0.39, 0.29) is 4.32 Å². The van der Waals surface area contributed by atoms with Crippen LogP contribution in [0.15, 0.2) is 30.3 Å². The van der Waals surface area contributed by atoms with Gasteiger partial charge < -0.3 is 0 Å². The molecule has 0 bridgehead atoms. The van der Waals surface area contributed by atoms with Crippen LogP contribution in [-0.4, -0.2) is 4.32 Å². The number of alkyl halides is 1. The topological polar surface area (TPSA) is 0 Å². The fourth-order valence-electron chi connectivity index (χ4n) is 1.15. The van der Waals surface area contributed by atoms with Crippen molar-refractivity contribution in [2.75, 3.05) is 0 Å². The van der Waals surface area contributed by atoms with Crippen LogP contribution >= 0.6 is 15.9 Å². The summed E-state index contributed by atoms with van der Waals surface area (Å²) in [6.07, 6.45) is 2.26. The molecule has 0 fully saturated rings. The highest BCUT2D eigenvalue weighted by Crippen LogP contribution is 2.25. The zero-order valence-corrected chi connectivity index (χ0v) is 9.26. The van der Waals surface area contributed by atoms with Gasteiger partial charge >= 0.3 is 0 Å². The molecule has 0 saturated carbocycles. The summed E-state index contributed by atoms with van der Waals surface area (Å²) in [5, 5.41) is 0. The maximum atomic E-state index is 3.72. The van der Waals surface area contributed by atoms with Gasteiger partial charge in [0.2, 0.25) is 0 Å². The second-order valence-corrected chi connectivity index (χ2v) is 5.34. The molecule has 1 unspecified atom stereocenters. The SMILES string of the molecule is CCC(C)(Br)Cc1ccccc1. The average molecular weight is 227 g/mol. The molecule has 0 aliphatic heterocycles. The van der Waals surface area contributed by atoms with E-state index in [0.717, 1.165) is 12.8 Å². The van der Waals surface area contributed by atoms with Crippen molar-refractivity contribution < 1.29 is 0 Å². The number of benzene rings is 1. The third-order valence-corrected chi connectivity index (χ3v) is 2.99. The van der Waals surface area contributed by atoms with Crippen LogP contribution in [0, 0.1) is 0 Å². The van der Waals surface area contributed by atoms with Crippen LogP contribution in [0.5, 0.6) is 0 Å². The average Bonchev–Trinajstić information content (AvgIpc) is 2.06. The van der Waals surface area contributed by atoms with Crippen molar-refractivity contribution in [3.05, 3.63) is 35.9 Å². The smallest absolute Gasteiger partial charge is 0.0267 e. The quantitative estimate of drug-likeness (QED) is 0.689. The molecule has 0 nitrogen and oxygen atoms in total. The standard InChI is InChI=1S/C11H15Br/c1-3-11(2,12)9-10-7-5-4-6-8-10/h4-8H,3,9H2,1-2H3. The van der Waals surface area contributed by atoms with Crippen molar-refractivity contribution >= 4 is 15.9 Å². The Morgan fingerprint density at radius 3 is 2.33 bits per heavy atom. The molecule has 0 saturated heterocycles. The van der Waals surface area contributed by atoms with E-state index in [4.69, 9.17) is 0 Å². The van der Waals surface area contributed by atoms with Crippen molar-refractivity contribution in [1.29, 1.82) is 0 Å². The molecular weight excluding hydrogens is 212 g/mol. The molecule has 12 heavy (non-hydrogen) atoms. The molecule has 1 aromatic carbocycles. The molecule has 0 heterocycles. The summed E-state index contributed by atoms with van der Waals surface area (Å²) in [6.45, 7) is 4.44. The van der Waals surface area contributed by atoms with E-state index in [1.165, 1.54) is 5.56 Å². The minimum absolute atomic E-state index is 0.258. The first-order valence-electron chi connectivity index (χ1n) is 4.37. The van der Waals surface area contributed by atoms with Gasteiger partial charge in [0.05, 0.1) is 0 Å². The lowest BCUT2D eigenvalue weighted by Gasteiger charge is -2.19. The Balaban J connectivity index is 2.64. The van der Waals surface area contributed by atoms with Gasteiger partial charge in [0.15, 0.2) is 0 Å². The summed E-state index contributed by atoms with van der Waals surface area (Å²) in [5.74, 6) is 0. The Kier molecular flexibility index (Phi) is 3.33. The van der Waals surface area contributed by atoms with Crippen molar-refractivity contribution in [2.24, 2.45) is 0 Å². The number of halogens is 1. The largest absolute Gasteiger partial charge is 0.0853 e. The second-order valence-electron chi connectivity index (χ2n) is 3.43. The highest BCUT2D eigenvalue weighted by molar-refractivity contribution is 9.10.